The Morgan fingerprint density at radius 2 is 1.06 bits per heavy atom. The zero-order chi connectivity index (χ0) is 39.1. The Hall–Kier alpha value is -3.07. The number of esters is 2. The molecule has 0 aliphatic heterocycles. The minimum Gasteiger partial charge on any atom is -0.462 e. The van der Waals surface area contributed by atoms with Crippen molar-refractivity contribution in [3.8, 4) is 0 Å². The summed E-state index contributed by atoms with van der Waals surface area (Å²) >= 11 is 0. The lowest BCUT2D eigenvalue weighted by molar-refractivity contribution is -0.161. The van der Waals surface area contributed by atoms with Crippen molar-refractivity contribution in [1.82, 2.24) is 0 Å². The number of phosphoric acid groups is 1. The summed E-state index contributed by atoms with van der Waals surface area (Å²) in [5.74, 6) is -1.05. The molecule has 0 fully saturated rings. The van der Waals surface area contributed by atoms with Gasteiger partial charge in [0.25, 0.3) is 0 Å². The molecule has 0 saturated heterocycles. The Kier molecular flexibility index (Phi) is 35.1. The van der Waals surface area contributed by atoms with Gasteiger partial charge in [0.05, 0.1) is 12.7 Å². The van der Waals surface area contributed by atoms with Crippen LogP contribution >= 0.6 is 7.82 Å². The van der Waals surface area contributed by atoms with Crippen LogP contribution in [0.1, 0.15) is 136 Å². The molecule has 0 spiro atoms. The van der Waals surface area contributed by atoms with Crippen LogP contribution in [0, 0.1) is 0 Å². The highest BCUT2D eigenvalue weighted by Crippen LogP contribution is 2.35. The molecule has 0 radical (unpaired) electrons. The van der Waals surface area contributed by atoms with Gasteiger partial charge in [-0.15, -0.1) is 0 Å². The van der Waals surface area contributed by atoms with E-state index in [0.717, 1.165) is 64.2 Å². The lowest BCUT2D eigenvalue weighted by Gasteiger charge is -2.18. The van der Waals surface area contributed by atoms with E-state index >= 15 is 0 Å². The quantitative estimate of drug-likeness (QED) is 0.0192. The molecule has 0 aliphatic carbocycles. The number of hydrogen-bond donors (Lipinski definition) is 3. The second kappa shape index (κ2) is 37.3. The molecule has 0 amide bonds. The van der Waals surface area contributed by atoms with Crippen molar-refractivity contribution >= 4 is 19.8 Å². The molecule has 53 heavy (non-hydrogen) atoms. The molecule has 9 nitrogen and oxygen atoms in total. The first kappa shape index (κ1) is 49.9. The number of hydrogen-bond acceptors (Lipinski definition) is 7. The molecular formula is C43H69O9P. The van der Waals surface area contributed by atoms with Crippen molar-refractivity contribution in [3.63, 3.8) is 0 Å². The summed E-state index contributed by atoms with van der Waals surface area (Å²) < 4.78 is 26.2. The van der Waals surface area contributed by atoms with Crippen molar-refractivity contribution in [2.24, 2.45) is 0 Å². The van der Waals surface area contributed by atoms with E-state index in [2.05, 4.69) is 73.1 Å². The van der Waals surface area contributed by atoms with Crippen LogP contribution in [0.15, 0.2) is 97.2 Å². The molecular weight excluding hydrogens is 691 g/mol. The van der Waals surface area contributed by atoms with E-state index in [1.54, 1.807) is 0 Å². The maximum atomic E-state index is 12.4. The first-order chi connectivity index (χ1) is 25.7. The van der Waals surface area contributed by atoms with Gasteiger partial charge in [0.1, 0.15) is 6.61 Å². The maximum Gasteiger partial charge on any atom is 0.469 e. The molecule has 0 rings (SSSR count). The highest BCUT2D eigenvalue weighted by Gasteiger charge is 2.22. The van der Waals surface area contributed by atoms with Gasteiger partial charge in [0.2, 0.25) is 0 Å². The maximum absolute atomic E-state index is 12.4. The van der Waals surface area contributed by atoms with E-state index in [1.807, 2.05) is 42.5 Å². The lowest BCUT2D eigenvalue weighted by atomic mass is 10.1. The van der Waals surface area contributed by atoms with Crippen molar-refractivity contribution in [1.29, 1.82) is 0 Å². The molecule has 0 aliphatic rings. The number of carbonyl (C=O) groups excluding carboxylic acids is 2. The van der Waals surface area contributed by atoms with Crippen molar-refractivity contribution < 1.29 is 43.0 Å². The summed E-state index contributed by atoms with van der Waals surface area (Å²) in [7, 11) is -4.80. The highest BCUT2D eigenvalue weighted by atomic mass is 31.2. The molecule has 0 aromatic carbocycles. The van der Waals surface area contributed by atoms with Gasteiger partial charge >= 0.3 is 19.8 Å². The van der Waals surface area contributed by atoms with Gasteiger partial charge in [-0.25, -0.2) is 4.57 Å². The molecule has 3 N–H and O–H groups in total. The van der Waals surface area contributed by atoms with Crippen LogP contribution in [0.25, 0.3) is 0 Å². The van der Waals surface area contributed by atoms with Gasteiger partial charge in [-0.05, 0) is 77.0 Å². The first-order valence-corrected chi connectivity index (χ1v) is 21.2. The molecule has 0 saturated carbocycles. The Balaban J connectivity index is 4.22. The van der Waals surface area contributed by atoms with Crippen LogP contribution in [-0.2, 0) is 28.2 Å². The fourth-order valence-electron chi connectivity index (χ4n) is 4.70. The Morgan fingerprint density at radius 1 is 0.585 bits per heavy atom. The molecule has 0 bridgehead atoms. The average molecular weight is 761 g/mol. The third-order valence-corrected chi connectivity index (χ3v) is 8.16. The summed E-state index contributed by atoms with van der Waals surface area (Å²) in [6.07, 6.45) is 47.5. The smallest absolute Gasteiger partial charge is 0.462 e. The monoisotopic (exact) mass is 760 g/mol. The normalized spacial score (nSPS) is 14.1. The van der Waals surface area contributed by atoms with Gasteiger partial charge in [-0.2, -0.15) is 0 Å². The van der Waals surface area contributed by atoms with Crippen LogP contribution in [-0.4, -0.2) is 52.3 Å². The minimum atomic E-state index is -4.80. The first-order valence-electron chi connectivity index (χ1n) is 19.6. The molecule has 0 aromatic heterocycles. The Bertz CT molecular complexity index is 1190. The van der Waals surface area contributed by atoms with E-state index in [1.165, 1.54) is 19.3 Å². The summed E-state index contributed by atoms with van der Waals surface area (Å²) in [6.45, 7) is 3.41. The largest absolute Gasteiger partial charge is 0.469 e. The van der Waals surface area contributed by atoms with Crippen LogP contribution in [0.4, 0.5) is 0 Å². The fraction of sp³-hybridized carbons (Fsp3) is 0.581. The zero-order valence-corrected chi connectivity index (χ0v) is 33.4. The number of ether oxygens (including phenoxy) is 2. The second-order valence-corrected chi connectivity index (χ2v) is 14.0. The van der Waals surface area contributed by atoms with Crippen LogP contribution in [0.3, 0.4) is 0 Å². The topological polar surface area (TPSA) is 140 Å². The highest BCUT2D eigenvalue weighted by molar-refractivity contribution is 7.46. The molecule has 300 valence electrons. The van der Waals surface area contributed by atoms with Crippen molar-refractivity contribution in [2.75, 3.05) is 13.2 Å². The molecule has 0 aromatic rings. The standard InChI is InChI=1S/C43H69O9P/c1-3-5-7-8-9-10-11-12-13-14-15-16-19-22-25-28-32-36-42(45)50-38-41(39-51-53(47,48)49)52-43(46)37-33-29-26-23-20-17-18-21-24-27-31-35-40(44)34-30-6-4-2/h9-10,12-13,15-18,22-27,31,35,40-41,44H,3-8,11,14,19-21,28-30,32-34,36-39H2,1-2H3,(H2,47,48,49)/b10-9-,13-12-,16-15-,18-17-,25-22-,26-23-,27-24-,35-31+/t40-,41+/m0/s1. The fourth-order valence-corrected chi connectivity index (χ4v) is 5.06. The van der Waals surface area contributed by atoms with Crippen LogP contribution < -0.4 is 0 Å². The number of aliphatic hydroxyl groups excluding tert-OH is 1. The van der Waals surface area contributed by atoms with Crippen molar-refractivity contribution in [2.45, 2.75) is 148 Å². The number of aliphatic hydroxyl groups is 1. The number of phosphoric ester groups is 1. The molecule has 0 heterocycles. The predicted molar refractivity (Wildman–Crippen MR) is 217 cm³/mol. The van der Waals surface area contributed by atoms with Gasteiger partial charge < -0.3 is 24.4 Å². The molecule has 2 atom stereocenters. The second-order valence-electron chi connectivity index (χ2n) is 12.7. The minimum absolute atomic E-state index is 0.0984. The molecule has 0 unspecified atom stereocenters. The third kappa shape index (κ3) is 40.0. The van der Waals surface area contributed by atoms with Crippen LogP contribution in [0.2, 0.25) is 0 Å². The van der Waals surface area contributed by atoms with Gasteiger partial charge in [0.15, 0.2) is 6.10 Å². The van der Waals surface area contributed by atoms with Gasteiger partial charge in [-0.1, -0.05) is 143 Å². The van der Waals surface area contributed by atoms with E-state index in [9.17, 15) is 19.3 Å². The number of allylic oxidation sites excluding steroid dienone is 15. The SMILES string of the molecule is CCCCC/C=C\C/C=C\C/C=C\C/C=C\CCCC(=O)OC[C@H](COP(=O)(O)O)OC(=O)CCC/C=C\C/C=C\C/C=C\C=C\[C@@H](O)CCCCC. The summed E-state index contributed by atoms with van der Waals surface area (Å²) in [4.78, 5) is 42.7. The van der Waals surface area contributed by atoms with Gasteiger partial charge in [0, 0.05) is 12.8 Å². The van der Waals surface area contributed by atoms with E-state index in [-0.39, 0.29) is 25.6 Å². The van der Waals surface area contributed by atoms with Crippen molar-refractivity contribution in [3.05, 3.63) is 97.2 Å². The van der Waals surface area contributed by atoms with Crippen LogP contribution in [0.5, 0.6) is 0 Å². The number of unbranched alkanes of at least 4 members (excludes halogenated alkanes) is 7. The predicted octanol–water partition coefficient (Wildman–Crippen LogP) is 10.8. The summed E-state index contributed by atoms with van der Waals surface area (Å²) in [5, 5.41) is 9.86. The number of carbonyl (C=O) groups is 2. The van der Waals surface area contributed by atoms with E-state index in [0.29, 0.717) is 25.7 Å². The third-order valence-electron chi connectivity index (χ3n) is 7.68. The Labute approximate surface area is 320 Å². The lowest BCUT2D eigenvalue weighted by Crippen LogP contribution is -2.29. The average Bonchev–Trinajstić information content (AvgIpc) is 3.12. The molecule has 10 heteroatoms. The summed E-state index contributed by atoms with van der Waals surface area (Å²) in [5.41, 5.74) is 0. The summed E-state index contributed by atoms with van der Waals surface area (Å²) in [6, 6.07) is 0. The Morgan fingerprint density at radius 3 is 1.58 bits per heavy atom. The zero-order valence-electron chi connectivity index (χ0n) is 32.5. The number of rotatable bonds is 34. The van der Waals surface area contributed by atoms with Gasteiger partial charge in [-0.3, -0.25) is 14.1 Å². The van der Waals surface area contributed by atoms with E-state index in [4.69, 9.17) is 19.3 Å². The van der Waals surface area contributed by atoms with E-state index < -0.39 is 32.5 Å².